The van der Waals surface area contributed by atoms with Crippen LogP contribution in [0.4, 0.5) is 0 Å². The van der Waals surface area contributed by atoms with E-state index in [0.717, 1.165) is 176 Å². The number of carbonyl (C=O) groups excluding carboxylic acids is 4. The first-order valence-corrected chi connectivity index (χ1v) is 28.9. The molecule has 3 aliphatic rings. The van der Waals surface area contributed by atoms with E-state index in [0.29, 0.717) is 70.5 Å². The Morgan fingerprint density at radius 1 is 0.437 bits per heavy atom. The van der Waals surface area contributed by atoms with Gasteiger partial charge in [0, 0.05) is 105 Å². The van der Waals surface area contributed by atoms with Gasteiger partial charge in [-0.1, -0.05) is 92.9 Å². The number of hydrogen-bond donors (Lipinski definition) is 3. The number of likely N-dealkylation sites (N-methyl/N-ethyl adjacent to an activating group) is 1. The first-order valence-electron chi connectivity index (χ1n) is 28.9. The van der Waals surface area contributed by atoms with Gasteiger partial charge in [-0.3, -0.25) is 19.2 Å². The van der Waals surface area contributed by atoms with E-state index in [-0.39, 0.29) is 23.9 Å². The maximum absolute atomic E-state index is 11.8. The first kappa shape index (κ1) is 66.6. The third kappa shape index (κ3) is 39.7. The molecule has 16 nitrogen and oxygen atoms in total. The van der Waals surface area contributed by atoms with Crippen LogP contribution in [0.2, 0.25) is 0 Å². The van der Waals surface area contributed by atoms with E-state index in [4.69, 9.17) is 18.9 Å². The second kappa shape index (κ2) is 47.3. The molecule has 0 aromatic rings. The van der Waals surface area contributed by atoms with Crippen LogP contribution in [0.15, 0.2) is 0 Å². The van der Waals surface area contributed by atoms with Crippen molar-refractivity contribution in [2.45, 2.75) is 157 Å². The van der Waals surface area contributed by atoms with E-state index >= 15 is 0 Å². The highest BCUT2D eigenvalue weighted by Crippen LogP contribution is 2.14. The number of hydrogen-bond acceptors (Lipinski definition) is 16. The molecule has 3 rings (SSSR count). The number of nitrogens with zero attached hydrogens (tertiary/aromatic N) is 5. The lowest BCUT2D eigenvalue weighted by molar-refractivity contribution is -0.146. The lowest BCUT2D eigenvalue weighted by Crippen LogP contribution is -2.47. The van der Waals surface area contributed by atoms with Gasteiger partial charge in [0.05, 0.1) is 52.1 Å². The second-order valence-corrected chi connectivity index (χ2v) is 20.0. The summed E-state index contributed by atoms with van der Waals surface area (Å²) in [5.41, 5.74) is 0. The van der Waals surface area contributed by atoms with Crippen LogP contribution in [-0.2, 0) is 38.1 Å². The highest BCUT2D eigenvalue weighted by molar-refractivity contribution is 5.70. The lowest BCUT2D eigenvalue weighted by atomic mass is 10.0. The summed E-state index contributed by atoms with van der Waals surface area (Å²) >= 11 is 0. The molecule has 3 N–H and O–H groups in total. The fourth-order valence-corrected chi connectivity index (χ4v) is 8.39. The van der Waals surface area contributed by atoms with Crippen LogP contribution in [-0.4, -0.2) is 213 Å². The smallest absolute Gasteiger partial charge is 0.307 e. The normalized spacial score (nSPS) is 17.0. The molecule has 2 atom stereocenters. The molecule has 418 valence electrons. The number of carbonyl (C=O) groups is 4. The Bertz CT molecular complexity index is 1250. The Labute approximate surface area is 434 Å². The molecule has 0 spiro atoms. The van der Waals surface area contributed by atoms with Gasteiger partial charge < -0.3 is 59.4 Å². The molecule has 3 heterocycles. The summed E-state index contributed by atoms with van der Waals surface area (Å²) < 4.78 is 21.2. The number of ether oxygens (including phenoxy) is 4. The van der Waals surface area contributed by atoms with E-state index < -0.39 is 0 Å². The zero-order valence-corrected chi connectivity index (χ0v) is 46.9. The molecule has 3 fully saturated rings. The average molecular weight is 1010 g/mol. The third-order valence-corrected chi connectivity index (χ3v) is 13.8. The number of esters is 4. The van der Waals surface area contributed by atoms with Gasteiger partial charge in [0.1, 0.15) is 0 Å². The molecule has 0 radical (unpaired) electrons. The molecule has 3 aliphatic heterocycles. The van der Waals surface area contributed by atoms with E-state index in [2.05, 4.69) is 89.0 Å². The Morgan fingerprint density at radius 3 is 1.23 bits per heavy atom. The van der Waals surface area contributed by atoms with Gasteiger partial charge in [0.2, 0.25) is 0 Å². The summed E-state index contributed by atoms with van der Waals surface area (Å²) in [6.07, 6.45) is 17.6. The molecule has 2 unspecified atom stereocenters. The molecule has 0 aromatic carbocycles. The van der Waals surface area contributed by atoms with Crippen LogP contribution in [0.25, 0.3) is 0 Å². The lowest BCUT2D eigenvalue weighted by Gasteiger charge is -2.34. The largest absolute Gasteiger partial charge is 0.466 e. The maximum atomic E-state index is 11.8. The van der Waals surface area contributed by atoms with Crippen LogP contribution in [0.5, 0.6) is 0 Å². The monoisotopic (exact) mass is 1010 g/mol. The van der Waals surface area contributed by atoms with Gasteiger partial charge in [-0.2, -0.15) is 0 Å². The van der Waals surface area contributed by atoms with Gasteiger partial charge >= 0.3 is 23.9 Å². The summed E-state index contributed by atoms with van der Waals surface area (Å²) in [7, 11) is 2.15. The molecule has 16 heteroatoms. The summed E-state index contributed by atoms with van der Waals surface area (Å²) in [5.74, 6) is 0.810. The second-order valence-electron chi connectivity index (χ2n) is 20.0. The molecule has 0 saturated carbocycles. The Balaban J connectivity index is 0.000000540. The molecule has 0 aliphatic carbocycles. The van der Waals surface area contributed by atoms with Crippen molar-refractivity contribution < 1.29 is 38.1 Å². The van der Waals surface area contributed by atoms with E-state index in [1.807, 2.05) is 0 Å². The third-order valence-electron chi connectivity index (χ3n) is 13.8. The predicted molar refractivity (Wildman–Crippen MR) is 290 cm³/mol. The molecule has 0 amide bonds. The minimum absolute atomic E-state index is 0.0288. The van der Waals surface area contributed by atoms with E-state index in [9.17, 15) is 19.2 Å². The van der Waals surface area contributed by atoms with Crippen molar-refractivity contribution >= 4 is 23.9 Å². The standard InChI is InChI=1S/C21H41N3O4.C18H37N3O2.C16H32N2O2/c1-3-5-18-27-20(25)8-11-22-10-7-12-23-14-16-24(17-15-23)13-9-21(26)28-19-6-4-2;1-3-5-7-17(4-2)16-23-18(22)8-10-19-9-6-13-21-14-11-20-12-15-21;1-4-6-7-15(5-2)14-20-16(19)8-9-18-12-10-17(3)11-13-18/h22H,3-19H2,1-2H3;17,19-20H,3-16H2,1-2H3;15H,4-14H2,1-3H3. The maximum Gasteiger partial charge on any atom is 0.307 e. The minimum Gasteiger partial charge on any atom is -0.466 e. The molecular formula is C55H110N8O8. The first-order chi connectivity index (χ1) is 34.6. The van der Waals surface area contributed by atoms with Gasteiger partial charge in [0.15, 0.2) is 0 Å². The predicted octanol–water partition coefficient (Wildman–Crippen LogP) is 6.46. The molecule has 0 bridgehead atoms. The fraction of sp³-hybridized carbons (Fsp3) is 0.927. The van der Waals surface area contributed by atoms with Crippen LogP contribution in [0.3, 0.4) is 0 Å². The minimum atomic E-state index is -0.105. The Morgan fingerprint density at radius 2 is 0.803 bits per heavy atom. The average Bonchev–Trinajstić information content (AvgIpc) is 3.39. The van der Waals surface area contributed by atoms with Crippen LogP contribution in [0, 0.1) is 11.8 Å². The summed E-state index contributed by atoms with van der Waals surface area (Å²) in [5, 5.41) is 10.0. The quantitative estimate of drug-likeness (QED) is 0.0352. The van der Waals surface area contributed by atoms with Gasteiger partial charge in [0.25, 0.3) is 0 Å². The molecule has 0 aromatic heterocycles. The molecule has 71 heavy (non-hydrogen) atoms. The number of rotatable bonds is 38. The highest BCUT2D eigenvalue weighted by atomic mass is 16.5. The van der Waals surface area contributed by atoms with Gasteiger partial charge in [-0.05, 0) is 83.6 Å². The van der Waals surface area contributed by atoms with Crippen molar-refractivity contribution in [3.8, 4) is 0 Å². The number of unbranched alkanes of at least 4 members (excludes halogenated alkanes) is 4. The Kier molecular flexibility index (Phi) is 44.3. The number of nitrogens with one attached hydrogen (secondary N) is 3. The van der Waals surface area contributed by atoms with Crippen molar-refractivity contribution in [3.63, 3.8) is 0 Å². The molecule has 3 saturated heterocycles. The van der Waals surface area contributed by atoms with Gasteiger partial charge in [-0.25, -0.2) is 0 Å². The van der Waals surface area contributed by atoms with Crippen molar-refractivity contribution in [1.82, 2.24) is 40.4 Å². The fourth-order valence-electron chi connectivity index (χ4n) is 8.39. The number of piperazine rings is 3. The topological polar surface area (TPSA) is 157 Å². The zero-order chi connectivity index (χ0) is 52.0. The SMILES string of the molecule is CCCCC(CC)COC(=O)CCN1CCN(C)CC1.CCCCC(CC)COC(=O)CCNCCCN1CCNCC1.CCCCOC(=O)CCNCCCN1CCN(CCC(=O)OCCCC)CC1. The summed E-state index contributed by atoms with van der Waals surface area (Å²) in [6, 6.07) is 0. The van der Waals surface area contributed by atoms with Crippen LogP contribution < -0.4 is 16.0 Å². The summed E-state index contributed by atoms with van der Waals surface area (Å²) in [4.78, 5) is 58.7. The van der Waals surface area contributed by atoms with E-state index in [1.54, 1.807) is 0 Å². The van der Waals surface area contributed by atoms with Crippen molar-refractivity contribution in [3.05, 3.63) is 0 Å². The zero-order valence-electron chi connectivity index (χ0n) is 46.9. The van der Waals surface area contributed by atoms with Crippen molar-refractivity contribution in [2.75, 3.05) is 164 Å². The van der Waals surface area contributed by atoms with Gasteiger partial charge in [-0.15, -0.1) is 0 Å². The van der Waals surface area contributed by atoms with E-state index in [1.165, 1.54) is 38.5 Å². The Hall–Kier alpha value is -2.44. The highest BCUT2D eigenvalue weighted by Gasteiger charge is 2.19. The van der Waals surface area contributed by atoms with Crippen molar-refractivity contribution in [1.29, 1.82) is 0 Å². The summed E-state index contributed by atoms with van der Waals surface area (Å²) in [6.45, 7) is 35.4. The van der Waals surface area contributed by atoms with Crippen LogP contribution >= 0.6 is 0 Å². The van der Waals surface area contributed by atoms with Crippen LogP contribution in [0.1, 0.15) is 157 Å². The molecular weight excluding hydrogens is 901 g/mol. The van der Waals surface area contributed by atoms with Crippen molar-refractivity contribution in [2.24, 2.45) is 11.8 Å².